The molecule has 0 aliphatic heterocycles. The number of rotatable bonds is 5. The summed E-state index contributed by atoms with van der Waals surface area (Å²) in [5, 5.41) is 13.0. The summed E-state index contributed by atoms with van der Waals surface area (Å²) in [7, 11) is 0. The van der Waals surface area contributed by atoms with Crippen molar-refractivity contribution in [3.63, 3.8) is 0 Å². The molecule has 3 rings (SSSR count). The van der Waals surface area contributed by atoms with E-state index in [9.17, 15) is 14.7 Å². The summed E-state index contributed by atoms with van der Waals surface area (Å²) in [5.41, 5.74) is 3.71. The smallest absolute Gasteiger partial charge is 0.337 e. The maximum atomic E-state index is 12.4. The molecule has 3 aromatic carbocycles. The normalized spacial score (nSPS) is 10.5. The number of aryl methyl sites for hydroxylation is 1. The van der Waals surface area contributed by atoms with E-state index in [0.29, 0.717) is 15.6 Å². The Morgan fingerprint density at radius 2 is 1.71 bits per heavy atom. The number of carboxylic acid groups (broad SMARTS) is 1. The molecule has 0 aliphatic carbocycles. The summed E-state index contributed by atoms with van der Waals surface area (Å²) in [6, 6.07) is 17.6. The highest BCUT2D eigenvalue weighted by atomic mass is 35.5. The second-order valence-electron chi connectivity index (χ2n) is 6.35. The fraction of sp³-hybridized carbons (Fsp3) is 0.0909. The number of nitrogens with one attached hydrogen (secondary N) is 1. The molecule has 0 aliphatic rings. The molecule has 0 atom stereocenters. The molecule has 6 heteroatoms. The van der Waals surface area contributed by atoms with Crippen LogP contribution in [0.4, 0.5) is 5.69 Å². The van der Waals surface area contributed by atoms with Gasteiger partial charge in [0.2, 0.25) is 5.91 Å². The molecule has 2 N–H and O–H groups in total. The number of hydrogen-bond acceptors (Lipinski definition) is 2. The van der Waals surface area contributed by atoms with E-state index in [4.69, 9.17) is 23.2 Å². The predicted molar refractivity (Wildman–Crippen MR) is 112 cm³/mol. The Morgan fingerprint density at radius 1 is 0.964 bits per heavy atom. The van der Waals surface area contributed by atoms with Gasteiger partial charge in [-0.3, -0.25) is 4.79 Å². The van der Waals surface area contributed by atoms with Gasteiger partial charge in [0, 0.05) is 0 Å². The number of aromatic carboxylic acids is 1. The lowest BCUT2D eigenvalue weighted by Gasteiger charge is -2.12. The molecule has 0 saturated carbocycles. The van der Waals surface area contributed by atoms with Crippen molar-refractivity contribution in [2.45, 2.75) is 13.3 Å². The van der Waals surface area contributed by atoms with Gasteiger partial charge in [0.1, 0.15) is 0 Å². The number of amides is 1. The van der Waals surface area contributed by atoms with Crippen LogP contribution < -0.4 is 5.32 Å². The summed E-state index contributed by atoms with van der Waals surface area (Å²) in [6.45, 7) is 1.96. The minimum absolute atomic E-state index is 0.0308. The molecule has 28 heavy (non-hydrogen) atoms. The molecular formula is C22H17Cl2NO3. The molecule has 0 saturated heterocycles. The average molecular weight is 414 g/mol. The Balaban J connectivity index is 1.85. The first-order chi connectivity index (χ1) is 13.3. The van der Waals surface area contributed by atoms with E-state index in [1.807, 2.05) is 31.2 Å². The number of benzene rings is 3. The van der Waals surface area contributed by atoms with Gasteiger partial charge < -0.3 is 10.4 Å². The zero-order valence-corrected chi connectivity index (χ0v) is 16.5. The van der Waals surface area contributed by atoms with E-state index < -0.39 is 5.97 Å². The molecule has 4 nitrogen and oxygen atoms in total. The lowest BCUT2D eigenvalue weighted by Crippen LogP contribution is -2.17. The minimum atomic E-state index is -1.11. The van der Waals surface area contributed by atoms with Crippen LogP contribution in [0.1, 0.15) is 21.5 Å². The van der Waals surface area contributed by atoms with E-state index in [1.54, 1.807) is 36.4 Å². The van der Waals surface area contributed by atoms with Crippen LogP contribution >= 0.6 is 23.2 Å². The number of halogens is 2. The highest BCUT2D eigenvalue weighted by Crippen LogP contribution is 2.28. The van der Waals surface area contributed by atoms with Crippen molar-refractivity contribution in [3.05, 3.63) is 87.4 Å². The first-order valence-corrected chi connectivity index (χ1v) is 9.28. The van der Waals surface area contributed by atoms with Crippen molar-refractivity contribution in [2.75, 3.05) is 5.32 Å². The van der Waals surface area contributed by atoms with E-state index in [-0.39, 0.29) is 23.6 Å². The molecular weight excluding hydrogens is 397 g/mol. The van der Waals surface area contributed by atoms with Gasteiger partial charge in [-0.2, -0.15) is 0 Å². The van der Waals surface area contributed by atoms with Crippen LogP contribution in [0.15, 0.2) is 60.7 Å². The number of anilines is 1. The van der Waals surface area contributed by atoms with E-state index in [1.165, 1.54) is 0 Å². The first-order valence-electron chi connectivity index (χ1n) is 8.52. The van der Waals surface area contributed by atoms with Crippen molar-refractivity contribution in [1.29, 1.82) is 0 Å². The first kappa shape index (κ1) is 19.9. The largest absolute Gasteiger partial charge is 0.478 e. The molecule has 3 aromatic rings. The summed E-state index contributed by atoms with van der Waals surface area (Å²) in [5.74, 6) is -1.45. The Morgan fingerprint density at radius 3 is 2.39 bits per heavy atom. The quantitative estimate of drug-likeness (QED) is 0.551. The monoisotopic (exact) mass is 413 g/mol. The van der Waals surface area contributed by atoms with Gasteiger partial charge in [-0.15, -0.1) is 0 Å². The van der Waals surface area contributed by atoms with Gasteiger partial charge in [0.05, 0.1) is 27.7 Å². The Labute approximate surface area is 172 Å². The molecule has 0 unspecified atom stereocenters. The molecule has 0 radical (unpaired) electrons. The minimum Gasteiger partial charge on any atom is -0.478 e. The lowest BCUT2D eigenvalue weighted by atomic mass is 9.98. The summed E-state index contributed by atoms with van der Waals surface area (Å²) in [4.78, 5) is 24.1. The van der Waals surface area contributed by atoms with Crippen LogP contribution in [0.2, 0.25) is 10.0 Å². The second-order valence-corrected chi connectivity index (χ2v) is 7.17. The topological polar surface area (TPSA) is 66.4 Å². The molecule has 0 heterocycles. The molecule has 0 fully saturated rings. The molecule has 1 amide bonds. The van der Waals surface area contributed by atoms with Crippen molar-refractivity contribution in [1.82, 2.24) is 0 Å². The third-order valence-electron chi connectivity index (χ3n) is 4.33. The van der Waals surface area contributed by atoms with Crippen LogP contribution in [0, 0.1) is 6.92 Å². The van der Waals surface area contributed by atoms with Crippen molar-refractivity contribution in [3.8, 4) is 11.1 Å². The molecule has 0 aromatic heterocycles. The molecule has 0 bridgehead atoms. The highest BCUT2D eigenvalue weighted by Gasteiger charge is 2.15. The van der Waals surface area contributed by atoms with Gasteiger partial charge in [0.25, 0.3) is 0 Å². The SMILES string of the molecule is Cc1ccccc1-c1ccc(NC(=O)Cc2ccc(Cl)c(Cl)c2)c(C(=O)O)c1. The number of carbonyl (C=O) groups is 2. The van der Waals surface area contributed by atoms with Crippen molar-refractivity contribution >= 4 is 40.8 Å². The zero-order valence-electron chi connectivity index (χ0n) is 15.0. The van der Waals surface area contributed by atoms with Crippen LogP contribution in [-0.2, 0) is 11.2 Å². The third kappa shape index (κ3) is 4.53. The van der Waals surface area contributed by atoms with Gasteiger partial charge in [-0.1, -0.05) is 59.6 Å². The maximum absolute atomic E-state index is 12.4. The Hall–Kier alpha value is -2.82. The molecule has 142 valence electrons. The fourth-order valence-corrected chi connectivity index (χ4v) is 3.24. The van der Waals surface area contributed by atoms with E-state index in [2.05, 4.69) is 5.32 Å². The van der Waals surface area contributed by atoms with Gasteiger partial charge in [-0.25, -0.2) is 4.79 Å². The number of carboxylic acids is 1. The van der Waals surface area contributed by atoms with Crippen molar-refractivity contribution in [2.24, 2.45) is 0 Å². The zero-order chi connectivity index (χ0) is 20.3. The summed E-state index contributed by atoms with van der Waals surface area (Å²) < 4.78 is 0. The van der Waals surface area contributed by atoms with Gasteiger partial charge >= 0.3 is 5.97 Å². The fourth-order valence-electron chi connectivity index (χ4n) is 2.92. The summed E-state index contributed by atoms with van der Waals surface area (Å²) in [6.07, 6.45) is 0.0511. The van der Waals surface area contributed by atoms with Crippen molar-refractivity contribution < 1.29 is 14.7 Å². The second kappa shape index (κ2) is 8.46. The lowest BCUT2D eigenvalue weighted by molar-refractivity contribution is -0.115. The third-order valence-corrected chi connectivity index (χ3v) is 5.07. The molecule has 0 spiro atoms. The van der Waals surface area contributed by atoms with Crippen LogP contribution in [0.5, 0.6) is 0 Å². The van der Waals surface area contributed by atoms with E-state index >= 15 is 0 Å². The Bertz CT molecular complexity index is 1060. The van der Waals surface area contributed by atoms with Crippen LogP contribution in [-0.4, -0.2) is 17.0 Å². The number of carbonyl (C=O) groups excluding carboxylic acids is 1. The number of hydrogen-bond donors (Lipinski definition) is 2. The maximum Gasteiger partial charge on any atom is 0.337 e. The average Bonchev–Trinajstić information content (AvgIpc) is 2.65. The predicted octanol–water partition coefficient (Wildman–Crippen LogP) is 5.85. The van der Waals surface area contributed by atoms with Crippen LogP contribution in [0.25, 0.3) is 11.1 Å². The van der Waals surface area contributed by atoms with Gasteiger partial charge in [-0.05, 0) is 53.4 Å². The standard InChI is InChI=1S/C22H17Cl2NO3/c1-13-4-2-3-5-16(13)15-7-9-20(17(12-15)22(27)28)25-21(26)11-14-6-8-18(23)19(24)10-14/h2-10,12H,11H2,1H3,(H,25,26)(H,27,28). The van der Waals surface area contributed by atoms with Crippen LogP contribution in [0.3, 0.4) is 0 Å². The van der Waals surface area contributed by atoms with Gasteiger partial charge in [0.15, 0.2) is 0 Å². The highest BCUT2D eigenvalue weighted by molar-refractivity contribution is 6.42. The summed E-state index contributed by atoms with van der Waals surface area (Å²) >= 11 is 11.9. The Kier molecular flexibility index (Phi) is 6.02. The van der Waals surface area contributed by atoms with E-state index in [0.717, 1.165) is 16.7 Å².